The normalized spacial score (nSPS) is 21.9. The smallest absolute Gasteiger partial charge is 0.437 e. The summed E-state index contributed by atoms with van der Waals surface area (Å²) < 4.78 is 43.3. The van der Waals surface area contributed by atoms with Crippen LogP contribution in [0.25, 0.3) is 0 Å². The maximum Gasteiger partial charge on any atom is 0.437 e. The van der Waals surface area contributed by atoms with Crippen LogP contribution in [0.4, 0.5) is 8.78 Å². The Morgan fingerprint density at radius 1 is 0.700 bits per heavy atom. The van der Waals surface area contributed by atoms with Crippen molar-refractivity contribution in [1.82, 2.24) is 0 Å². The summed E-state index contributed by atoms with van der Waals surface area (Å²) in [5.41, 5.74) is 0. The molecule has 0 bridgehead atoms. The SMILES string of the molecule is O=C1CC(=O)OCCOC(=O)C(F)(F)C(=O)OCCO1. The molecule has 0 saturated carbocycles. The number of carbonyl (C=O) groups excluding carboxylic acids is 4. The minimum atomic E-state index is -4.49. The van der Waals surface area contributed by atoms with Gasteiger partial charge in [-0.1, -0.05) is 0 Å². The van der Waals surface area contributed by atoms with Crippen molar-refractivity contribution in [2.45, 2.75) is 12.3 Å². The zero-order valence-electron chi connectivity index (χ0n) is 10.1. The third-order valence-electron chi connectivity index (χ3n) is 1.96. The van der Waals surface area contributed by atoms with Gasteiger partial charge in [0, 0.05) is 0 Å². The summed E-state index contributed by atoms with van der Waals surface area (Å²) in [5.74, 6) is -10.7. The minimum Gasteiger partial charge on any atom is -0.462 e. The number of esters is 4. The fourth-order valence-corrected chi connectivity index (χ4v) is 1.06. The van der Waals surface area contributed by atoms with E-state index in [9.17, 15) is 28.0 Å². The summed E-state index contributed by atoms with van der Waals surface area (Å²) in [6, 6.07) is 0. The van der Waals surface area contributed by atoms with Crippen molar-refractivity contribution in [1.29, 1.82) is 0 Å². The lowest BCUT2D eigenvalue weighted by Crippen LogP contribution is -2.41. The molecule has 0 aromatic carbocycles. The number of hydrogen-bond donors (Lipinski definition) is 0. The van der Waals surface area contributed by atoms with Crippen molar-refractivity contribution in [2.75, 3.05) is 26.4 Å². The number of carbonyl (C=O) groups is 4. The summed E-state index contributed by atoms with van der Waals surface area (Å²) in [6.45, 7) is -2.46. The topological polar surface area (TPSA) is 105 Å². The van der Waals surface area contributed by atoms with Gasteiger partial charge in [-0.2, -0.15) is 8.78 Å². The fourth-order valence-electron chi connectivity index (χ4n) is 1.06. The number of alkyl halides is 2. The molecule has 0 aromatic rings. The van der Waals surface area contributed by atoms with Crippen LogP contribution in [0.15, 0.2) is 0 Å². The molecule has 1 heterocycles. The van der Waals surface area contributed by atoms with E-state index in [4.69, 9.17) is 0 Å². The average Bonchev–Trinajstić information content (AvgIpc) is 2.38. The molecule has 0 N–H and O–H groups in total. The molecule has 1 aliphatic rings. The number of halogens is 2. The van der Waals surface area contributed by atoms with E-state index < -0.39 is 62.6 Å². The molecule has 0 amide bonds. The van der Waals surface area contributed by atoms with Gasteiger partial charge in [0.1, 0.15) is 32.8 Å². The first-order chi connectivity index (χ1) is 9.34. The Kier molecular flexibility index (Phi) is 5.35. The van der Waals surface area contributed by atoms with E-state index in [0.29, 0.717) is 0 Å². The zero-order chi connectivity index (χ0) is 15.2. The van der Waals surface area contributed by atoms with Gasteiger partial charge in [0.25, 0.3) is 0 Å². The minimum absolute atomic E-state index is 0.539. The Hall–Kier alpha value is -2.26. The predicted octanol–water partition coefficient (Wildman–Crippen LogP) is -0.802. The van der Waals surface area contributed by atoms with Crippen LogP contribution in [0.2, 0.25) is 0 Å². The molecular weight excluding hydrogens is 286 g/mol. The van der Waals surface area contributed by atoms with E-state index >= 15 is 0 Å². The Morgan fingerprint density at radius 3 is 1.45 bits per heavy atom. The van der Waals surface area contributed by atoms with Crippen LogP contribution in [0, 0.1) is 0 Å². The lowest BCUT2D eigenvalue weighted by atomic mass is 10.3. The number of rotatable bonds is 0. The third kappa shape index (κ3) is 4.44. The Balaban J connectivity index is 2.68. The van der Waals surface area contributed by atoms with Crippen molar-refractivity contribution in [3.05, 3.63) is 0 Å². The van der Waals surface area contributed by atoms with Crippen LogP contribution >= 0.6 is 0 Å². The lowest BCUT2D eigenvalue weighted by Gasteiger charge is -2.15. The second-order valence-corrected chi connectivity index (χ2v) is 3.46. The standard InChI is InChI=1S/C10H10F2O8/c11-10(12)8(15)19-3-1-17-6(13)5-7(14)18-2-4-20-9(10)16/h1-5H2. The molecule has 0 aliphatic carbocycles. The molecule has 8 nitrogen and oxygen atoms in total. The highest BCUT2D eigenvalue weighted by Crippen LogP contribution is 2.17. The molecule has 0 atom stereocenters. The van der Waals surface area contributed by atoms with Crippen LogP contribution in [0.5, 0.6) is 0 Å². The van der Waals surface area contributed by atoms with Gasteiger partial charge in [-0.25, -0.2) is 9.59 Å². The predicted molar refractivity (Wildman–Crippen MR) is 53.4 cm³/mol. The Morgan fingerprint density at radius 2 is 1.05 bits per heavy atom. The number of ether oxygens (including phenoxy) is 4. The quantitative estimate of drug-likeness (QED) is 0.325. The van der Waals surface area contributed by atoms with Gasteiger partial charge in [0.05, 0.1) is 0 Å². The van der Waals surface area contributed by atoms with Crippen molar-refractivity contribution in [3.63, 3.8) is 0 Å². The summed E-state index contributed by atoms with van der Waals surface area (Å²) in [4.78, 5) is 44.0. The van der Waals surface area contributed by atoms with E-state index in [2.05, 4.69) is 18.9 Å². The second kappa shape index (κ2) is 6.78. The Bertz CT molecular complexity index is 383. The van der Waals surface area contributed by atoms with Crippen LogP contribution in [-0.4, -0.2) is 56.2 Å². The van der Waals surface area contributed by atoms with Crippen molar-refractivity contribution >= 4 is 23.9 Å². The molecule has 112 valence electrons. The summed E-state index contributed by atoms with van der Waals surface area (Å²) in [6.07, 6.45) is -0.696. The lowest BCUT2D eigenvalue weighted by molar-refractivity contribution is -0.193. The van der Waals surface area contributed by atoms with Crippen molar-refractivity contribution in [2.24, 2.45) is 0 Å². The van der Waals surface area contributed by atoms with Gasteiger partial charge in [0.2, 0.25) is 0 Å². The molecule has 0 spiro atoms. The average molecular weight is 296 g/mol. The van der Waals surface area contributed by atoms with Gasteiger partial charge < -0.3 is 18.9 Å². The first kappa shape index (κ1) is 15.8. The zero-order valence-corrected chi connectivity index (χ0v) is 10.1. The molecule has 10 heteroatoms. The summed E-state index contributed by atoms with van der Waals surface area (Å²) in [5, 5.41) is 0. The second-order valence-electron chi connectivity index (χ2n) is 3.46. The maximum absolute atomic E-state index is 13.2. The van der Waals surface area contributed by atoms with E-state index in [1.165, 1.54) is 0 Å². The highest BCUT2D eigenvalue weighted by atomic mass is 19.3. The Labute approximate surface area is 110 Å². The van der Waals surface area contributed by atoms with E-state index in [-0.39, 0.29) is 0 Å². The maximum atomic E-state index is 13.2. The molecule has 20 heavy (non-hydrogen) atoms. The number of cyclic esters (lactones) is 4. The molecule has 1 aliphatic heterocycles. The van der Waals surface area contributed by atoms with Gasteiger partial charge in [0.15, 0.2) is 0 Å². The molecule has 0 radical (unpaired) electrons. The molecule has 1 rings (SSSR count). The van der Waals surface area contributed by atoms with Gasteiger partial charge in [-0.05, 0) is 0 Å². The van der Waals surface area contributed by atoms with E-state index in [0.717, 1.165) is 0 Å². The number of hydrogen-bond acceptors (Lipinski definition) is 8. The van der Waals surface area contributed by atoms with Crippen molar-refractivity contribution < 1.29 is 46.9 Å². The van der Waals surface area contributed by atoms with Gasteiger partial charge >= 0.3 is 29.8 Å². The van der Waals surface area contributed by atoms with Crippen LogP contribution in [0.3, 0.4) is 0 Å². The largest absolute Gasteiger partial charge is 0.462 e. The first-order valence-electron chi connectivity index (χ1n) is 5.37. The highest BCUT2D eigenvalue weighted by Gasteiger charge is 2.51. The van der Waals surface area contributed by atoms with Gasteiger partial charge in [-0.15, -0.1) is 0 Å². The molecule has 0 aromatic heterocycles. The summed E-state index contributed by atoms with van der Waals surface area (Å²) >= 11 is 0. The molecule has 0 unspecified atom stereocenters. The first-order valence-corrected chi connectivity index (χ1v) is 5.37. The molecular formula is C10H10F2O8. The van der Waals surface area contributed by atoms with Crippen molar-refractivity contribution in [3.8, 4) is 0 Å². The van der Waals surface area contributed by atoms with E-state index in [1.54, 1.807) is 0 Å². The fraction of sp³-hybridized carbons (Fsp3) is 0.600. The van der Waals surface area contributed by atoms with Gasteiger partial charge in [-0.3, -0.25) is 9.59 Å². The van der Waals surface area contributed by atoms with Crippen LogP contribution in [0.1, 0.15) is 6.42 Å². The summed E-state index contributed by atoms with van der Waals surface area (Å²) in [7, 11) is 0. The molecule has 1 fully saturated rings. The van der Waals surface area contributed by atoms with Crippen LogP contribution < -0.4 is 0 Å². The third-order valence-corrected chi connectivity index (χ3v) is 1.96. The van der Waals surface area contributed by atoms with E-state index in [1.807, 2.05) is 0 Å². The monoisotopic (exact) mass is 296 g/mol. The van der Waals surface area contributed by atoms with Crippen LogP contribution in [-0.2, 0) is 38.1 Å². The highest BCUT2D eigenvalue weighted by molar-refractivity contribution is 6.01. The molecule has 1 saturated heterocycles.